The van der Waals surface area contributed by atoms with E-state index in [-0.39, 0.29) is 6.03 Å². The number of nitrogens with zero attached hydrogens (tertiary/aromatic N) is 4. The Morgan fingerprint density at radius 2 is 2.15 bits per heavy atom. The Bertz CT molecular complexity index is 749. The number of hydrogen-bond acceptors (Lipinski definition) is 4. The zero-order valence-corrected chi connectivity index (χ0v) is 16.2. The molecule has 0 aliphatic carbocycles. The van der Waals surface area contributed by atoms with E-state index in [1.54, 1.807) is 0 Å². The Labute approximate surface area is 158 Å². The number of thiophene rings is 1. The van der Waals surface area contributed by atoms with E-state index in [1.807, 2.05) is 22.4 Å². The quantitative estimate of drug-likeness (QED) is 0.877. The van der Waals surface area contributed by atoms with E-state index >= 15 is 0 Å². The summed E-state index contributed by atoms with van der Waals surface area (Å²) >= 11 is 1.88. The molecule has 1 atom stereocenters. The molecular formula is C19H27N5OS. The van der Waals surface area contributed by atoms with Gasteiger partial charge in [0.1, 0.15) is 0 Å². The Morgan fingerprint density at radius 1 is 1.31 bits per heavy atom. The summed E-state index contributed by atoms with van der Waals surface area (Å²) in [5.74, 6) is 0. The third-order valence-corrected chi connectivity index (χ3v) is 6.26. The van der Waals surface area contributed by atoms with E-state index in [0.29, 0.717) is 12.6 Å². The van der Waals surface area contributed by atoms with Crippen LogP contribution in [0.4, 0.5) is 4.79 Å². The summed E-state index contributed by atoms with van der Waals surface area (Å²) in [6.07, 6.45) is 5.06. The lowest BCUT2D eigenvalue weighted by Crippen LogP contribution is -2.41. The predicted octanol–water partition coefficient (Wildman–Crippen LogP) is 3.01. The van der Waals surface area contributed by atoms with Crippen LogP contribution in [0.3, 0.4) is 0 Å². The number of nitrogens with one attached hydrogen (secondary N) is 1. The summed E-state index contributed by atoms with van der Waals surface area (Å²) in [6, 6.07) is 6.94. The van der Waals surface area contributed by atoms with Gasteiger partial charge < -0.3 is 10.2 Å². The average Bonchev–Trinajstić information content (AvgIpc) is 3.36. The molecule has 0 spiro atoms. The molecule has 2 aliphatic heterocycles. The topological polar surface area (TPSA) is 53.4 Å². The molecule has 1 N–H and O–H groups in total. The van der Waals surface area contributed by atoms with Crippen LogP contribution in [0, 0.1) is 6.92 Å². The Kier molecular flexibility index (Phi) is 5.26. The van der Waals surface area contributed by atoms with Gasteiger partial charge in [0.15, 0.2) is 0 Å². The smallest absolute Gasteiger partial charge is 0.317 e. The summed E-state index contributed by atoms with van der Waals surface area (Å²) in [7, 11) is 0. The molecule has 1 saturated heterocycles. The van der Waals surface area contributed by atoms with Crippen LogP contribution in [0.15, 0.2) is 24.4 Å². The Balaban J connectivity index is 1.34. The van der Waals surface area contributed by atoms with E-state index < -0.39 is 0 Å². The molecule has 4 rings (SSSR count). The first-order chi connectivity index (χ1) is 12.7. The third kappa shape index (κ3) is 3.94. The second-order valence-corrected chi connectivity index (χ2v) is 8.69. The van der Waals surface area contributed by atoms with Crippen LogP contribution in [0.2, 0.25) is 0 Å². The molecule has 0 saturated carbocycles. The molecule has 2 amide bonds. The van der Waals surface area contributed by atoms with Gasteiger partial charge in [-0.3, -0.25) is 9.58 Å². The first-order valence-electron chi connectivity index (χ1n) is 9.52. The molecule has 0 radical (unpaired) electrons. The highest BCUT2D eigenvalue weighted by Gasteiger charge is 2.26. The molecule has 2 aliphatic rings. The van der Waals surface area contributed by atoms with E-state index in [9.17, 15) is 4.79 Å². The first-order valence-corrected chi connectivity index (χ1v) is 10.3. The van der Waals surface area contributed by atoms with Crippen LogP contribution in [-0.4, -0.2) is 51.8 Å². The highest BCUT2D eigenvalue weighted by atomic mass is 32.1. The number of urea groups is 1. The summed E-state index contributed by atoms with van der Waals surface area (Å²) < 4.78 is 2.15. The van der Waals surface area contributed by atoms with E-state index in [4.69, 9.17) is 0 Å². The maximum Gasteiger partial charge on any atom is 0.317 e. The molecule has 7 heteroatoms. The van der Waals surface area contributed by atoms with E-state index in [1.165, 1.54) is 15.4 Å². The summed E-state index contributed by atoms with van der Waals surface area (Å²) in [5, 5.41) is 7.62. The van der Waals surface area contributed by atoms with Gasteiger partial charge in [0, 0.05) is 55.2 Å². The van der Waals surface area contributed by atoms with Crippen LogP contribution in [0.5, 0.6) is 0 Å². The molecule has 26 heavy (non-hydrogen) atoms. The van der Waals surface area contributed by atoms with Gasteiger partial charge in [-0.15, -0.1) is 11.3 Å². The van der Waals surface area contributed by atoms with Crippen molar-refractivity contribution >= 4 is 17.4 Å². The van der Waals surface area contributed by atoms with Crippen LogP contribution in [0.1, 0.15) is 40.8 Å². The number of fused-ring (bicyclic) bond motifs is 1. The monoisotopic (exact) mass is 373 g/mol. The lowest BCUT2D eigenvalue weighted by atomic mass is 10.1. The van der Waals surface area contributed by atoms with Crippen molar-refractivity contribution in [1.29, 1.82) is 0 Å². The molecule has 0 unspecified atom stereocenters. The normalized spacial score (nSPS) is 20.3. The fraction of sp³-hybridized carbons (Fsp3) is 0.579. The predicted molar refractivity (Wildman–Crippen MR) is 103 cm³/mol. The molecule has 140 valence electrons. The second kappa shape index (κ2) is 7.80. The van der Waals surface area contributed by atoms with Gasteiger partial charge in [-0.1, -0.05) is 0 Å². The number of carbonyl (C=O) groups is 1. The molecule has 4 heterocycles. The fourth-order valence-corrected chi connectivity index (χ4v) is 4.90. The minimum Gasteiger partial charge on any atom is -0.338 e. The van der Waals surface area contributed by atoms with Crippen molar-refractivity contribution in [3.63, 3.8) is 0 Å². The largest absolute Gasteiger partial charge is 0.338 e. The van der Waals surface area contributed by atoms with E-state index in [2.05, 4.69) is 45.1 Å². The zero-order valence-electron chi connectivity index (χ0n) is 15.4. The van der Waals surface area contributed by atoms with Gasteiger partial charge >= 0.3 is 6.03 Å². The van der Waals surface area contributed by atoms with Gasteiger partial charge in [0.2, 0.25) is 0 Å². The van der Waals surface area contributed by atoms with Crippen molar-refractivity contribution in [2.75, 3.05) is 26.2 Å². The molecule has 2 aromatic heterocycles. The summed E-state index contributed by atoms with van der Waals surface area (Å²) in [4.78, 5) is 19.4. The SMILES string of the molecule is Cc1ccc(CN2Cc3ccnn3[C@@H](CCNC(=O)N3CCCC3)C2)s1. The van der Waals surface area contributed by atoms with Crippen LogP contribution < -0.4 is 5.32 Å². The molecule has 0 aromatic carbocycles. The summed E-state index contributed by atoms with van der Waals surface area (Å²) in [6.45, 7) is 7.55. The number of likely N-dealkylation sites (tertiary alicyclic amines) is 1. The maximum absolute atomic E-state index is 12.2. The zero-order chi connectivity index (χ0) is 17.9. The van der Waals surface area contributed by atoms with Crippen molar-refractivity contribution in [1.82, 2.24) is 24.9 Å². The van der Waals surface area contributed by atoms with Crippen LogP contribution >= 0.6 is 11.3 Å². The number of carbonyl (C=O) groups excluding carboxylic acids is 1. The lowest BCUT2D eigenvalue weighted by molar-refractivity contribution is 0.161. The van der Waals surface area contributed by atoms with Gasteiger partial charge in [-0.05, 0) is 44.4 Å². The van der Waals surface area contributed by atoms with E-state index in [0.717, 1.165) is 52.0 Å². The fourth-order valence-electron chi connectivity index (χ4n) is 3.97. The lowest BCUT2D eigenvalue weighted by Gasteiger charge is -2.33. The average molecular weight is 374 g/mol. The van der Waals surface area contributed by atoms with Crippen molar-refractivity contribution < 1.29 is 4.79 Å². The van der Waals surface area contributed by atoms with Crippen molar-refractivity contribution in [3.05, 3.63) is 39.8 Å². The number of hydrogen-bond donors (Lipinski definition) is 1. The van der Waals surface area contributed by atoms with Gasteiger partial charge in [0.05, 0.1) is 11.7 Å². The van der Waals surface area contributed by atoms with Crippen LogP contribution in [0.25, 0.3) is 0 Å². The van der Waals surface area contributed by atoms with Gasteiger partial charge in [-0.25, -0.2) is 4.79 Å². The van der Waals surface area contributed by atoms with Crippen molar-refractivity contribution in [2.24, 2.45) is 0 Å². The number of amides is 2. The first kappa shape index (κ1) is 17.5. The number of aryl methyl sites for hydroxylation is 1. The molecule has 6 nitrogen and oxygen atoms in total. The highest BCUT2D eigenvalue weighted by Crippen LogP contribution is 2.26. The third-order valence-electron chi connectivity index (χ3n) is 5.28. The van der Waals surface area contributed by atoms with Crippen LogP contribution in [-0.2, 0) is 13.1 Å². The van der Waals surface area contributed by atoms with Gasteiger partial charge in [0.25, 0.3) is 0 Å². The van der Waals surface area contributed by atoms with Gasteiger partial charge in [-0.2, -0.15) is 5.10 Å². The Morgan fingerprint density at radius 3 is 2.92 bits per heavy atom. The molecular weight excluding hydrogens is 346 g/mol. The maximum atomic E-state index is 12.2. The van der Waals surface area contributed by atoms with Crippen molar-refractivity contribution in [3.8, 4) is 0 Å². The standard InChI is InChI=1S/C19H27N5OS/c1-15-4-5-18(26-15)14-22-12-16(24-17(13-22)7-9-21-24)6-8-20-19(25)23-10-2-3-11-23/h4-5,7,9,16H,2-3,6,8,10-14H2,1H3,(H,20,25)/t16-/m0/s1. The highest BCUT2D eigenvalue weighted by molar-refractivity contribution is 7.11. The molecule has 0 bridgehead atoms. The molecule has 2 aromatic rings. The Hall–Kier alpha value is -1.86. The van der Waals surface area contributed by atoms with Crippen molar-refractivity contribution in [2.45, 2.75) is 45.3 Å². The number of rotatable bonds is 5. The second-order valence-electron chi connectivity index (χ2n) is 7.32. The number of aromatic nitrogens is 2. The minimum atomic E-state index is 0.0879. The molecule has 1 fully saturated rings. The minimum absolute atomic E-state index is 0.0879. The summed E-state index contributed by atoms with van der Waals surface area (Å²) in [5.41, 5.74) is 1.26.